The molecule has 0 spiro atoms. The molecule has 0 aromatic carbocycles. The summed E-state index contributed by atoms with van der Waals surface area (Å²) < 4.78 is 28.4. The zero-order valence-electron chi connectivity index (χ0n) is 15.1. The second kappa shape index (κ2) is 7.74. The molecule has 0 saturated carbocycles. The lowest BCUT2D eigenvalue weighted by Crippen LogP contribution is -2.50. The van der Waals surface area contributed by atoms with Crippen molar-refractivity contribution in [2.75, 3.05) is 36.8 Å². The van der Waals surface area contributed by atoms with E-state index < -0.39 is 15.4 Å². The van der Waals surface area contributed by atoms with Gasteiger partial charge in [0, 0.05) is 42.7 Å². The third-order valence-electron chi connectivity index (χ3n) is 3.56. The van der Waals surface area contributed by atoms with E-state index in [0.717, 1.165) is 10.0 Å². The van der Waals surface area contributed by atoms with Crippen LogP contribution < -0.4 is 4.90 Å². The Bertz CT molecular complexity index is 727. The Balaban J connectivity index is 1.92. The zero-order chi connectivity index (χ0) is 18.7. The lowest BCUT2D eigenvalue weighted by atomic mass is 10.2. The minimum atomic E-state index is -3.14. The monoisotopic (exact) mass is 387 g/mol. The van der Waals surface area contributed by atoms with Gasteiger partial charge in [-0.25, -0.2) is 18.2 Å². The third-order valence-corrected chi connectivity index (χ3v) is 5.93. The standard InChI is InChI=1S/C16H25N3O4S2/c1-5-25(21,22)11-6-13-12-17-14(24-13)18-7-9-19(10-8-18)15(20)23-16(2,3)4/h6,11-12H,5,7-10H2,1-4H3/b11-6+. The molecule has 9 heteroatoms. The first-order chi connectivity index (χ1) is 11.6. The minimum absolute atomic E-state index is 0.0851. The summed E-state index contributed by atoms with van der Waals surface area (Å²) in [5.41, 5.74) is -0.496. The Morgan fingerprint density at radius 3 is 2.52 bits per heavy atom. The van der Waals surface area contributed by atoms with E-state index in [4.69, 9.17) is 4.74 Å². The first kappa shape index (κ1) is 19.7. The van der Waals surface area contributed by atoms with E-state index in [1.807, 2.05) is 20.8 Å². The first-order valence-electron chi connectivity index (χ1n) is 8.19. The zero-order valence-corrected chi connectivity index (χ0v) is 16.7. The van der Waals surface area contributed by atoms with Crippen molar-refractivity contribution in [1.82, 2.24) is 9.88 Å². The molecule has 1 saturated heterocycles. The molecule has 0 unspecified atom stereocenters. The van der Waals surface area contributed by atoms with Gasteiger partial charge in [0.1, 0.15) is 5.60 Å². The van der Waals surface area contributed by atoms with E-state index >= 15 is 0 Å². The predicted molar refractivity (Wildman–Crippen MR) is 101 cm³/mol. The maximum absolute atomic E-state index is 12.1. The van der Waals surface area contributed by atoms with Gasteiger partial charge in [-0.15, -0.1) is 0 Å². The summed E-state index contributed by atoms with van der Waals surface area (Å²) in [4.78, 5) is 21.0. The summed E-state index contributed by atoms with van der Waals surface area (Å²) in [6.45, 7) is 9.65. The Morgan fingerprint density at radius 2 is 1.96 bits per heavy atom. The fourth-order valence-corrected chi connectivity index (χ4v) is 3.68. The van der Waals surface area contributed by atoms with E-state index in [-0.39, 0.29) is 11.8 Å². The number of amides is 1. The number of ether oxygens (including phenoxy) is 1. The van der Waals surface area contributed by atoms with Gasteiger partial charge in [0.05, 0.1) is 5.75 Å². The van der Waals surface area contributed by atoms with Crippen LogP contribution in [0.25, 0.3) is 6.08 Å². The number of rotatable bonds is 4. The highest BCUT2D eigenvalue weighted by molar-refractivity contribution is 7.94. The number of carbonyl (C=O) groups excluding carboxylic acids is 1. The van der Waals surface area contributed by atoms with Gasteiger partial charge in [0.25, 0.3) is 0 Å². The van der Waals surface area contributed by atoms with Gasteiger partial charge < -0.3 is 14.5 Å². The third kappa shape index (κ3) is 6.00. The van der Waals surface area contributed by atoms with Crippen molar-refractivity contribution in [2.45, 2.75) is 33.3 Å². The number of hydrogen-bond acceptors (Lipinski definition) is 7. The van der Waals surface area contributed by atoms with Gasteiger partial charge in [-0.3, -0.25) is 0 Å². The summed E-state index contributed by atoms with van der Waals surface area (Å²) in [6, 6.07) is 0. The van der Waals surface area contributed by atoms with Crippen LogP contribution >= 0.6 is 11.3 Å². The molecule has 0 N–H and O–H groups in total. The second-order valence-electron chi connectivity index (χ2n) is 6.75. The molecule has 0 bridgehead atoms. The molecule has 0 aliphatic carbocycles. The molecule has 1 amide bonds. The highest BCUT2D eigenvalue weighted by atomic mass is 32.2. The number of aromatic nitrogens is 1. The molecule has 1 aliphatic rings. The van der Waals surface area contributed by atoms with E-state index in [9.17, 15) is 13.2 Å². The van der Waals surface area contributed by atoms with Gasteiger partial charge in [-0.1, -0.05) is 18.3 Å². The van der Waals surface area contributed by atoms with Gasteiger partial charge in [0.2, 0.25) is 0 Å². The van der Waals surface area contributed by atoms with E-state index in [2.05, 4.69) is 9.88 Å². The van der Waals surface area contributed by atoms with Crippen LogP contribution in [0.5, 0.6) is 0 Å². The number of sulfone groups is 1. The first-order valence-corrected chi connectivity index (χ1v) is 10.7. The van der Waals surface area contributed by atoms with Crippen molar-refractivity contribution in [2.24, 2.45) is 0 Å². The summed E-state index contributed by atoms with van der Waals surface area (Å²) >= 11 is 1.44. The molecular formula is C16H25N3O4S2. The van der Waals surface area contributed by atoms with E-state index in [0.29, 0.717) is 26.2 Å². The van der Waals surface area contributed by atoms with Crippen LogP contribution in [0.3, 0.4) is 0 Å². The lowest BCUT2D eigenvalue weighted by molar-refractivity contribution is 0.0240. The van der Waals surface area contributed by atoms with Crippen LogP contribution in [0.2, 0.25) is 0 Å². The summed E-state index contributed by atoms with van der Waals surface area (Å²) in [7, 11) is -3.14. The van der Waals surface area contributed by atoms with Crippen LogP contribution in [0, 0.1) is 0 Å². The van der Waals surface area contributed by atoms with Crippen LogP contribution in [0.1, 0.15) is 32.6 Å². The number of thiazole rings is 1. The van der Waals surface area contributed by atoms with Gasteiger partial charge >= 0.3 is 6.09 Å². The summed E-state index contributed by atoms with van der Waals surface area (Å²) in [6.07, 6.45) is 2.96. The van der Waals surface area contributed by atoms with Crippen molar-refractivity contribution in [1.29, 1.82) is 0 Å². The highest BCUT2D eigenvalue weighted by Crippen LogP contribution is 2.25. The molecule has 2 rings (SSSR count). The molecular weight excluding hydrogens is 362 g/mol. The maximum atomic E-state index is 12.1. The number of piperazine rings is 1. The lowest BCUT2D eigenvalue weighted by Gasteiger charge is -2.35. The molecule has 0 radical (unpaired) electrons. The fraction of sp³-hybridized carbons (Fsp3) is 0.625. The molecule has 25 heavy (non-hydrogen) atoms. The Labute approximate surface area is 153 Å². The topological polar surface area (TPSA) is 79.8 Å². The smallest absolute Gasteiger partial charge is 0.410 e. The molecule has 1 aliphatic heterocycles. The van der Waals surface area contributed by atoms with E-state index in [1.165, 1.54) is 16.7 Å². The SMILES string of the molecule is CCS(=O)(=O)/C=C/c1cnc(N2CCN(C(=O)OC(C)(C)C)CC2)s1. The van der Waals surface area contributed by atoms with Gasteiger partial charge in [-0.2, -0.15) is 0 Å². The molecule has 0 atom stereocenters. The van der Waals surface area contributed by atoms with Crippen molar-refractivity contribution in [3.8, 4) is 0 Å². The van der Waals surface area contributed by atoms with Crippen molar-refractivity contribution >= 4 is 38.5 Å². The maximum Gasteiger partial charge on any atom is 0.410 e. The Morgan fingerprint density at radius 1 is 1.32 bits per heavy atom. The molecule has 1 fully saturated rings. The quantitative estimate of drug-likeness (QED) is 0.790. The Hall–Kier alpha value is -1.61. The number of nitrogens with zero attached hydrogens (tertiary/aromatic N) is 3. The fourth-order valence-electron chi connectivity index (χ4n) is 2.17. The Kier molecular flexibility index (Phi) is 6.10. The molecule has 1 aromatic heterocycles. The molecule has 140 valence electrons. The summed E-state index contributed by atoms with van der Waals surface area (Å²) in [5, 5.41) is 2.06. The van der Waals surface area contributed by atoms with Crippen LogP contribution in [-0.4, -0.2) is 61.9 Å². The number of hydrogen-bond donors (Lipinski definition) is 0. The van der Waals surface area contributed by atoms with Crippen molar-refractivity contribution in [3.05, 3.63) is 16.5 Å². The number of carbonyl (C=O) groups is 1. The van der Waals surface area contributed by atoms with Crippen molar-refractivity contribution < 1.29 is 17.9 Å². The van der Waals surface area contributed by atoms with E-state index in [1.54, 1.807) is 24.1 Å². The molecule has 1 aromatic rings. The van der Waals surface area contributed by atoms with Crippen molar-refractivity contribution in [3.63, 3.8) is 0 Å². The highest BCUT2D eigenvalue weighted by Gasteiger charge is 2.26. The molecule has 7 nitrogen and oxygen atoms in total. The normalized spacial score (nSPS) is 16.5. The van der Waals surface area contributed by atoms with Crippen LogP contribution in [0.15, 0.2) is 11.6 Å². The van der Waals surface area contributed by atoms with Crippen LogP contribution in [0.4, 0.5) is 9.93 Å². The minimum Gasteiger partial charge on any atom is -0.444 e. The van der Waals surface area contributed by atoms with Gasteiger partial charge in [-0.05, 0) is 26.8 Å². The average molecular weight is 388 g/mol. The predicted octanol–water partition coefficient (Wildman–Crippen LogP) is 2.61. The molecule has 2 heterocycles. The largest absolute Gasteiger partial charge is 0.444 e. The number of anilines is 1. The van der Waals surface area contributed by atoms with Gasteiger partial charge in [0.15, 0.2) is 15.0 Å². The van der Waals surface area contributed by atoms with Crippen LogP contribution in [-0.2, 0) is 14.6 Å². The average Bonchev–Trinajstić information content (AvgIpc) is 3.01. The summed E-state index contributed by atoms with van der Waals surface area (Å²) in [5.74, 6) is 0.0851. The second-order valence-corrected chi connectivity index (χ2v) is 9.97.